The van der Waals surface area contributed by atoms with E-state index in [9.17, 15) is 19.3 Å². The molecule has 6 nitrogen and oxygen atoms in total. The summed E-state index contributed by atoms with van der Waals surface area (Å²) in [7, 11) is 1.55. The van der Waals surface area contributed by atoms with Gasteiger partial charge in [-0.2, -0.15) is 0 Å². The fourth-order valence-corrected chi connectivity index (χ4v) is 2.70. The lowest BCUT2D eigenvalue weighted by atomic mass is 10.1. The highest BCUT2D eigenvalue weighted by Gasteiger charge is 2.19. The molecule has 0 spiro atoms. The van der Waals surface area contributed by atoms with Gasteiger partial charge in [0.1, 0.15) is 11.6 Å². The summed E-state index contributed by atoms with van der Waals surface area (Å²) in [5.41, 5.74) is 1.58. The van der Waals surface area contributed by atoms with Crippen molar-refractivity contribution in [2.24, 2.45) is 0 Å². The second-order valence-electron chi connectivity index (χ2n) is 6.02. The topological polar surface area (TPSA) is 72.7 Å². The van der Waals surface area contributed by atoms with E-state index in [0.717, 1.165) is 5.56 Å². The fraction of sp³-hybridized carbons (Fsp3) is 0.0952. The number of hydrogen-bond acceptors (Lipinski definition) is 4. The predicted octanol–water partition coefficient (Wildman–Crippen LogP) is 4.59. The number of non-ortho nitro benzene ring substituents is 1. The first-order valence-electron chi connectivity index (χ1n) is 8.43. The largest absolute Gasteiger partial charge is 0.497 e. The number of rotatable bonds is 6. The molecule has 0 aliphatic heterocycles. The highest BCUT2D eigenvalue weighted by molar-refractivity contribution is 6.06. The van der Waals surface area contributed by atoms with Crippen LogP contribution in [0, 0.1) is 15.9 Å². The lowest BCUT2D eigenvalue weighted by Crippen LogP contribution is -2.30. The summed E-state index contributed by atoms with van der Waals surface area (Å²) in [6.45, 7) is 0.211. The Hall–Kier alpha value is -3.74. The molecule has 0 saturated heterocycles. The first kappa shape index (κ1) is 19.0. The quantitative estimate of drug-likeness (QED) is 0.463. The van der Waals surface area contributed by atoms with E-state index < -0.39 is 4.92 Å². The van der Waals surface area contributed by atoms with E-state index in [1.165, 1.54) is 41.3 Å². The Morgan fingerprint density at radius 2 is 1.61 bits per heavy atom. The summed E-state index contributed by atoms with van der Waals surface area (Å²) < 4.78 is 18.4. The fourth-order valence-electron chi connectivity index (χ4n) is 2.70. The molecule has 0 aliphatic carbocycles. The zero-order valence-electron chi connectivity index (χ0n) is 15.0. The number of ether oxygens (including phenoxy) is 1. The molecule has 0 unspecified atom stereocenters. The van der Waals surface area contributed by atoms with Crippen LogP contribution in [-0.2, 0) is 6.54 Å². The molecule has 3 aromatic carbocycles. The number of carbonyl (C=O) groups excluding carboxylic acids is 1. The number of nitrogens with zero attached hydrogens (tertiary/aromatic N) is 2. The van der Waals surface area contributed by atoms with Gasteiger partial charge in [-0.25, -0.2) is 4.39 Å². The number of methoxy groups -OCH3 is 1. The van der Waals surface area contributed by atoms with Crippen molar-refractivity contribution in [3.8, 4) is 5.75 Å². The van der Waals surface area contributed by atoms with Crippen LogP contribution in [0.1, 0.15) is 15.9 Å². The second-order valence-corrected chi connectivity index (χ2v) is 6.02. The molecule has 0 aromatic heterocycles. The standard InChI is InChI=1S/C21H17FN2O4/c1-28-20-12-10-18(11-13-20)23(14-15-2-6-17(22)7-3-15)21(25)16-4-8-19(9-5-16)24(26)27/h2-13H,14H2,1H3. The van der Waals surface area contributed by atoms with Gasteiger partial charge in [-0.05, 0) is 54.1 Å². The average molecular weight is 380 g/mol. The van der Waals surface area contributed by atoms with Crippen molar-refractivity contribution in [2.45, 2.75) is 6.54 Å². The van der Waals surface area contributed by atoms with Gasteiger partial charge in [-0.3, -0.25) is 14.9 Å². The number of nitro benzene ring substituents is 1. The molecule has 0 atom stereocenters. The SMILES string of the molecule is COc1ccc(N(Cc2ccc(F)cc2)C(=O)c2ccc([N+](=O)[O-])cc2)cc1. The maximum atomic E-state index is 13.2. The minimum Gasteiger partial charge on any atom is -0.497 e. The summed E-state index contributed by atoms with van der Waals surface area (Å²) >= 11 is 0. The van der Waals surface area contributed by atoms with Crippen LogP contribution in [0.4, 0.5) is 15.8 Å². The first-order valence-corrected chi connectivity index (χ1v) is 8.43. The van der Waals surface area contributed by atoms with Crippen LogP contribution in [0.5, 0.6) is 5.75 Å². The summed E-state index contributed by atoms with van der Waals surface area (Å²) in [6, 6.07) is 18.2. The van der Waals surface area contributed by atoms with Gasteiger partial charge < -0.3 is 9.64 Å². The van der Waals surface area contributed by atoms with Crippen LogP contribution in [-0.4, -0.2) is 17.9 Å². The van der Waals surface area contributed by atoms with E-state index in [4.69, 9.17) is 4.74 Å². The van der Waals surface area contributed by atoms with Crippen LogP contribution in [0.15, 0.2) is 72.8 Å². The van der Waals surface area contributed by atoms with Gasteiger partial charge in [0.15, 0.2) is 0 Å². The first-order chi connectivity index (χ1) is 13.5. The Labute approximate surface area is 160 Å². The van der Waals surface area contributed by atoms with Crippen molar-refractivity contribution >= 4 is 17.3 Å². The summed E-state index contributed by atoms with van der Waals surface area (Å²) in [6.07, 6.45) is 0. The molecule has 1 amide bonds. The van der Waals surface area contributed by atoms with Gasteiger partial charge in [0.2, 0.25) is 0 Å². The van der Waals surface area contributed by atoms with Gasteiger partial charge in [-0.15, -0.1) is 0 Å². The molecule has 0 aliphatic rings. The molecule has 0 fully saturated rings. The molecule has 0 heterocycles. The molecule has 142 valence electrons. The maximum absolute atomic E-state index is 13.2. The van der Waals surface area contributed by atoms with Crippen molar-refractivity contribution in [3.05, 3.63) is 99.9 Å². The lowest BCUT2D eigenvalue weighted by Gasteiger charge is -2.23. The number of hydrogen-bond donors (Lipinski definition) is 0. The highest BCUT2D eigenvalue weighted by atomic mass is 19.1. The van der Waals surface area contributed by atoms with Crippen LogP contribution in [0.2, 0.25) is 0 Å². The minimum absolute atomic E-state index is 0.0916. The third-order valence-corrected chi connectivity index (χ3v) is 4.21. The predicted molar refractivity (Wildman–Crippen MR) is 103 cm³/mol. The molecule has 3 aromatic rings. The summed E-state index contributed by atoms with van der Waals surface area (Å²) in [5, 5.41) is 10.8. The molecule has 0 N–H and O–H groups in total. The number of amides is 1. The molecule has 0 radical (unpaired) electrons. The van der Waals surface area contributed by atoms with Crippen LogP contribution in [0.3, 0.4) is 0 Å². The molecular formula is C21H17FN2O4. The van der Waals surface area contributed by atoms with E-state index in [2.05, 4.69) is 0 Å². The molecule has 7 heteroatoms. The third kappa shape index (κ3) is 4.32. The Bertz CT molecular complexity index is 971. The lowest BCUT2D eigenvalue weighted by molar-refractivity contribution is -0.384. The Kier molecular flexibility index (Phi) is 5.64. The summed E-state index contributed by atoms with van der Waals surface area (Å²) in [4.78, 5) is 24.9. The molecular weight excluding hydrogens is 363 g/mol. The van der Waals surface area contributed by atoms with Crippen molar-refractivity contribution in [3.63, 3.8) is 0 Å². The van der Waals surface area contributed by atoms with E-state index in [1.54, 1.807) is 43.5 Å². The number of anilines is 1. The minimum atomic E-state index is -0.520. The van der Waals surface area contributed by atoms with Crippen molar-refractivity contribution in [1.29, 1.82) is 0 Å². The average Bonchev–Trinajstić information content (AvgIpc) is 2.73. The van der Waals surface area contributed by atoms with E-state index in [0.29, 0.717) is 17.0 Å². The van der Waals surface area contributed by atoms with Crippen molar-refractivity contribution < 1.29 is 18.8 Å². The Morgan fingerprint density at radius 1 is 1.00 bits per heavy atom. The van der Waals surface area contributed by atoms with Crippen molar-refractivity contribution in [1.82, 2.24) is 0 Å². The third-order valence-electron chi connectivity index (χ3n) is 4.21. The Balaban J connectivity index is 1.94. The monoisotopic (exact) mass is 380 g/mol. The maximum Gasteiger partial charge on any atom is 0.269 e. The summed E-state index contributed by atoms with van der Waals surface area (Å²) in [5.74, 6) is -0.0425. The van der Waals surface area contributed by atoms with Gasteiger partial charge in [0, 0.05) is 23.4 Å². The number of benzene rings is 3. The van der Waals surface area contributed by atoms with Gasteiger partial charge in [0.25, 0.3) is 11.6 Å². The normalized spacial score (nSPS) is 10.4. The van der Waals surface area contributed by atoms with Crippen LogP contribution < -0.4 is 9.64 Å². The highest BCUT2D eigenvalue weighted by Crippen LogP contribution is 2.24. The van der Waals surface area contributed by atoms with Gasteiger partial charge in [0.05, 0.1) is 18.6 Å². The van der Waals surface area contributed by atoms with E-state index in [-0.39, 0.29) is 24.0 Å². The van der Waals surface area contributed by atoms with E-state index in [1.807, 2.05) is 0 Å². The number of carbonyl (C=O) groups is 1. The zero-order valence-corrected chi connectivity index (χ0v) is 15.0. The molecule has 0 bridgehead atoms. The molecule has 3 rings (SSSR count). The molecule has 28 heavy (non-hydrogen) atoms. The number of halogens is 1. The van der Waals surface area contributed by atoms with Gasteiger partial charge >= 0.3 is 0 Å². The second kappa shape index (κ2) is 8.30. The Morgan fingerprint density at radius 3 is 2.14 bits per heavy atom. The zero-order chi connectivity index (χ0) is 20.1. The number of nitro groups is 1. The van der Waals surface area contributed by atoms with E-state index >= 15 is 0 Å². The van der Waals surface area contributed by atoms with Crippen LogP contribution in [0.25, 0.3) is 0 Å². The van der Waals surface area contributed by atoms with Crippen LogP contribution >= 0.6 is 0 Å². The van der Waals surface area contributed by atoms with Crippen molar-refractivity contribution in [2.75, 3.05) is 12.0 Å². The smallest absolute Gasteiger partial charge is 0.269 e. The molecule has 0 saturated carbocycles. The van der Waals surface area contributed by atoms with Gasteiger partial charge in [-0.1, -0.05) is 12.1 Å².